The maximum atomic E-state index is 12.9. The molecule has 0 aliphatic carbocycles. The Morgan fingerprint density at radius 1 is 0.253 bits per heavy atom. The standard InChI is InChI=1S/C73H136O6/c1-4-7-10-13-16-19-22-25-28-31-33-34-35-36-37-38-39-40-41-43-45-48-51-54-57-60-63-66-72(75)78-69-70(68-77-71(74)65-62-59-56-53-50-47-44-30-27-24-21-18-15-12-9-6-3)79-73(76)67-64-61-58-55-52-49-46-42-32-29-26-23-20-17-14-11-8-5-2/h20,23,29-30,32,44,70H,4-19,21-22,24-28,31,33-43,45-69H2,1-3H3/b23-20-,32-29-,44-30-. The van der Waals surface area contributed by atoms with E-state index < -0.39 is 6.10 Å². The molecule has 0 amide bonds. The molecule has 464 valence electrons. The lowest BCUT2D eigenvalue weighted by Gasteiger charge is -2.18. The van der Waals surface area contributed by atoms with Crippen molar-refractivity contribution < 1.29 is 28.6 Å². The third-order valence-corrected chi connectivity index (χ3v) is 16.1. The fourth-order valence-electron chi connectivity index (χ4n) is 10.8. The van der Waals surface area contributed by atoms with Gasteiger partial charge in [0, 0.05) is 19.3 Å². The second-order valence-electron chi connectivity index (χ2n) is 24.1. The third-order valence-electron chi connectivity index (χ3n) is 16.1. The Labute approximate surface area is 493 Å². The van der Waals surface area contributed by atoms with Crippen molar-refractivity contribution in [3.05, 3.63) is 36.5 Å². The minimum Gasteiger partial charge on any atom is -0.462 e. The Hall–Kier alpha value is -2.37. The summed E-state index contributed by atoms with van der Waals surface area (Å²) in [6, 6.07) is 0. The first kappa shape index (κ1) is 76.6. The number of rotatable bonds is 66. The average molecular weight is 1110 g/mol. The molecule has 0 fully saturated rings. The molecule has 1 unspecified atom stereocenters. The minimum absolute atomic E-state index is 0.0735. The average Bonchev–Trinajstić information content (AvgIpc) is 3.45. The van der Waals surface area contributed by atoms with Crippen LogP contribution in [0.3, 0.4) is 0 Å². The molecule has 1 atom stereocenters. The van der Waals surface area contributed by atoms with Crippen molar-refractivity contribution in [1.29, 1.82) is 0 Å². The summed E-state index contributed by atoms with van der Waals surface area (Å²) in [7, 11) is 0. The molecule has 0 saturated heterocycles. The van der Waals surface area contributed by atoms with Gasteiger partial charge in [0.1, 0.15) is 13.2 Å². The number of ether oxygens (including phenoxy) is 3. The molecule has 0 aromatic heterocycles. The van der Waals surface area contributed by atoms with Gasteiger partial charge in [0.15, 0.2) is 6.10 Å². The summed E-state index contributed by atoms with van der Waals surface area (Å²) in [4.78, 5) is 38.4. The van der Waals surface area contributed by atoms with Crippen LogP contribution in [0.2, 0.25) is 0 Å². The maximum Gasteiger partial charge on any atom is 0.306 e. The van der Waals surface area contributed by atoms with Gasteiger partial charge >= 0.3 is 17.9 Å². The molecule has 0 aliphatic rings. The van der Waals surface area contributed by atoms with Gasteiger partial charge < -0.3 is 14.2 Å². The molecule has 0 aromatic rings. The first-order valence-corrected chi connectivity index (χ1v) is 35.5. The van der Waals surface area contributed by atoms with Gasteiger partial charge in [0.05, 0.1) is 0 Å². The van der Waals surface area contributed by atoms with Gasteiger partial charge in [-0.3, -0.25) is 14.4 Å². The normalized spacial score (nSPS) is 12.2. The first-order chi connectivity index (χ1) is 39.0. The Bertz CT molecular complexity index is 1320. The highest BCUT2D eigenvalue weighted by atomic mass is 16.6. The van der Waals surface area contributed by atoms with Crippen LogP contribution in [-0.2, 0) is 28.6 Å². The van der Waals surface area contributed by atoms with Gasteiger partial charge in [-0.2, -0.15) is 0 Å². The van der Waals surface area contributed by atoms with Gasteiger partial charge in [-0.15, -0.1) is 0 Å². The molecule has 6 heteroatoms. The molecular weight excluding hydrogens is 973 g/mol. The van der Waals surface area contributed by atoms with Crippen molar-refractivity contribution in [3.8, 4) is 0 Å². The monoisotopic (exact) mass is 1110 g/mol. The van der Waals surface area contributed by atoms with E-state index in [0.29, 0.717) is 19.3 Å². The van der Waals surface area contributed by atoms with E-state index in [1.165, 1.54) is 276 Å². The zero-order valence-electron chi connectivity index (χ0n) is 53.4. The van der Waals surface area contributed by atoms with Crippen LogP contribution < -0.4 is 0 Å². The van der Waals surface area contributed by atoms with Crippen molar-refractivity contribution in [2.45, 2.75) is 399 Å². The number of hydrogen-bond donors (Lipinski definition) is 0. The summed E-state index contributed by atoms with van der Waals surface area (Å²) in [6.07, 6.45) is 84.6. The molecule has 0 saturated carbocycles. The minimum atomic E-state index is -0.779. The zero-order chi connectivity index (χ0) is 57.1. The highest BCUT2D eigenvalue weighted by molar-refractivity contribution is 5.71. The number of carbonyl (C=O) groups is 3. The lowest BCUT2D eigenvalue weighted by atomic mass is 10.0. The Kier molecular flexibility index (Phi) is 66.1. The molecule has 0 aromatic carbocycles. The summed E-state index contributed by atoms with van der Waals surface area (Å²) in [5, 5.41) is 0. The van der Waals surface area contributed by atoms with Gasteiger partial charge in [-0.05, 0) is 77.0 Å². The topological polar surface area (TPSA) is 78.9 Å². The lowest BCUT2D eigenvalue weighted by molar-refractivity contribution is -0.167. The van der Waals surface area contributed by atoms with Crippen molar-refractivity contribution in [2.75, 3.05) is 13.2 Å². The van der Waals surface area contributed by atoms with Crippen LogP contribution >= 0.6 is 0 Å². The summed E-state index contributed by atoms with van der Waals surface area (Å²) >= 11 is 0. The van der Waals surface area contributed by atoms with Crippen LogP contribution in [0.4, 0.5) is 0 Å². The van der Waals surface area contributed by atoms with Gasteiger partial charge in [-0.25, -0.2) is 0 Å². The van der Waals surface area contributed by atoms with Crippen molar-refractivity contribution >= 4 is 17.9 Å². The van der Waals surface area contributed by atoms with E-state index >= 15 is 0 Å². The van der Waals surface area contributed by atoms with Crippen LogP contribution in [0.5, 0.6) is 0 Å². The maximum absolute atomic E-state index is 12.9. The van der Waals surface area contributed by atoms with E-state index in [-0.39, 0.29) is 31.1 Å². The molecule has 6 nitrogen and oxygen atoms in total. The van der Waals surface area contributed by atoms with E-state index in [0.717, 1.165) is 77.0 Å². The van der Waals surface area contributed by atoms with E-state index in [9.17, 15) is 14.4 Å². The van der Waals surface area contributed by atoms with Crippen LogP contribution in [0.15, 0.2) is 36.5 Å². The molecule has 0 bridgehead atoms. The van der Waals surface area contributed by atoms with E-state index in [2.05, 4.69) is 57.2 Å². The molecule has 0 rings (SSSR count). The van der Waals surface area contributed by atoms with Crippen molar-refractivity contribution in [2.24, 2.45) is 0 Å². The molecule has 0 spiro atoms. The first-order valence-electron chi connectivity index (χ1n) is 35.5. The quantitative estimate of drug-likeness (QED) is 0.0261. The van der Waals surface area contributed by atoms with Crippen molar-refractivity contribution in [3.63, 3.8) is 0 Å². The van der Waals surface area contributed by atoms with E-state index in [4.69, 9.17) is 14.2 Å². The number of carbonyl (C=O) groups excluding carboxylic acids is 3. The molecular formula is C73H136O6. The van der Waals surface area contributed by atoms with Gasteiger partial charge in [-0.1, -0.05) is 333 Å². The summed E-state index contributed by atoms with van der Waals surface area (Å²) in [5.74, 6) is -0.862. The second-order valence-corrected chi connectivity index (χ2v) is 24.1. The Morgan fingerprint density at radius 3 is 0.722 bits per heavy atom. The van der Waals surface area contributed by atoms with Gasteiger partial charge in [0.25, 0.3) is 0 Å². The molecule has 79 heavy (non-hydrogen) atoms. The van der Waals surface area contributed by atoms with Gasteiger partial charge in [0.2, 0.25) is 0 Å². The van der Waals surface area contributed by atoms with Crippen LogP contribution in [0.25, 0.3) is 0 Å². The number of unbranched alkanes of at least 4 members (excludes halogenated alkanes) is 49. The lowest BCUT2D eigenvalue weighted by Crippen LogP contribution is -2.30. The summed E-state index contributed by atoms with van der Waals surface area (Å²) in [6.45, 7) is 6.68. The predicted octanol–water partition coefficient (Wildman–Crippen LogP) is 24.3. The molecule has 0 aliphatic heterocycles. The number of hydrogen-bond acceptors (Lipinski definition) is 6. The largest absolute Gasteiger partial charge is 0.462 e. The molecule has 0 radical (unpaired) electrons. The number of allylic oxidation sites excluding steroid dienone is 6. The van der Waals surface area contributed by atoms with E-state index in [1.807, 2.05) is 0 Å². The van der Waals surface area contributed by atoms with E-state index in [1.54, 1.807) is 0 Å². The van der Waals surface area contributed by atoms with Crippen LogP contribution in [0.1, 0.15) is 393 Å². The predicted molar refractivity (Wildman–Crippen MR) is 344 cm³/mol. The van der Waals surface area contributed by atoms with Crippen molar-refractivity contribution in [1.82, 2.24) is 0 Å². The summed E-state index contributed by atoms with van der Waals surface area (Å²) < 4.78 is 17.0. The summed E-state index contributed by atoms with van der Waals surface area (Å²) in [5.41, 5.74) is 0. The number of esters is 3. The Morgan fingerprint density at radius 2 is 0.456 bits per heavy atom. The SMILES string of the molecule is CCCCCC/C=C\C/C=C\CCCCCCCCCC(=O)OC(COC(=O)CCCCCCC/C=C\CCCCCCCCC)COC(=O)CCCCCCCCCCCCCCCCCCCCCCCCCCCCC. The van der Waals surface area contributed by atoms with Crippen LogP contribution in [-0.4, -0.2) is 37.2 Å². The third kappa shape index (κ3) is 66.3. The second kappa shape index (κ2) is 68.1. The zero-order valence-corrected chi connectivity index (χ0v) is 53.4. The fourth-order valence-corrected chi connectivity index (χ4v) is 10.8. The Balaban J connectivity index is 4.25. The molecule has 0 heterocycles. The fraction of sp³-hybridized carbons (Fsp3) is 0.877. The molecule has 0 N–H and O–H groups in total. The highest BCUT2D eigenvalue weighted by Crippen LogP contribution is 2.18. The smallest absolute Gasteiger partial charge is 0.306 e. The highest BCUT2D eigenvalue weighted by Gasteiger charge is 2.19. The van der Waals surface area contributed by atoms with Crippen LogP contribution in [0, 0.1) is 0 Å².